The number of hydrogen-bond donors (Lipinski definition) is 0. The predicted molar refractivity (Wildman–Crippen MR) is 89.4 cm³/mol. The average molecular weight is 365 g/mol. The molecule has 1 aromatic carbocycles. The zero-order valence-electron chi connectivity index (χ0n) is 12.8. The number of sulfonamides is 1. The van der Waals surface area contributed by atoms with Crippen LogP contribution in [0.1, 0.15) is 11.6 Å². The van der Waals surface area contributed by atoms with E-state index in [1.54, 1.807) is 29.6 Å². The number of piperazine rings is 1. The second-order valence-electron chi connectivity index (χ2n) is 5.46. The third-order valence-electron chi connectivity index (χ3n) is 4.04. The lowest BCUT2D eigenvalue weighted by Crippen LogP contribution is -2.49. The smallest absolute Gasteiger partial charge is 0.252 e. The summed E-state index contributed by atoms with van der Waals surface area (Å²) in [6, 6.07) is 10.9. The van der Waals surface area contributed by atoms with Gasteiger partial charge in [-0.15, -0.1) is 11.3 Å². The number of halogens is 1. The van der Waals surface area contributed by atoms with Gasteiger partial charge in [0.1, 0.15) is 16.1 Å². The fourth-order valence-electron chi connectivity index (χ4n) is 2.75. The Kier molecular flexibility index (Phi) is 4.96. The number of nitrogens with zero attached hydrogens (tertiary/aromatic N) is 3. The topological polar surface area (TPSA) is 64.4 Å². The molecule has 0 radical (unpaired) electrons. The van der Waals surface area contributed by atoms with Crippen molar-refractivity contribution in [1.29, 1.82) is 5.26 Å². The molecule has 0 aliphatic carbocycles. The Bertz CT molecular complexity index is 821. The minimum Gasteiger partial charge on any atom is -0.282 e. The Morgan fingerprint density at radius 2 is 1.79 bits per heavy atom. The molecule has 3 rings (SSSR count). The molecule has 8 heteroatoms. The van der Waals surface area contributed by atoms with Gasteiger partial charge < -0.3 is 0 Å². The van der Waals surface area contributed by atoms with Gasteiger partial charge in [-0.2, -0.15) is 9.57 Å². The van der Waals surface area contributed by atoms with Crippen molar-refractivity contribution in [1.82, 2.24) is 9.21 Å². The van der Waals surface area contributed by atoms with Gasteiger partial charge in [0.25, 0.3) is 10.0 Å². The van der Waals surface area contributed by atoms with Crippen LogP contribution in [0.3, 0.4) is 0 Å². The van der Waals surface area contributed by atoms with Crippen LogP contribution in [0.5, 0.6) is 0 Å². The third-order valence-corrected chi connectivity index (χ3v) is 7.31. The Balaban J connectivity index is 1.70. The molecular formula is C16H16FN3O2S2. The van der Waals surface area contributed by atoms with Crippen LogP contribution in [0.25, 0.3) is 0 Å². The molecule has 1 aliphatic rings. The first-order valence-corrected chi connectivity index (χ1v) is 9.77. The fourth-order valence-corrected chi connectivity index (χ4v) is 5.32. The molecule has 1 atom stereocenters. The maximum atomic E-state index is 13.0. The monoisotopic (exact) mass is 365 g/mol. The van der Waals surface area contributed by atoms with E-state index < -0.39 is 16.1 Å². The summed E-state index contributed by atoms with van der Waals surface area (Å²) in [5.41, 5.74) is 0.716. The van der Waals surface area contributed by atoms with Gasteiger partial charge in [-0.05, 0) is 29.1 Å². The molecule has 0 bridgehead atoms. The zero-order valence-corrected chi connectivity index (χ0v) is 14.4. The van der Waals surface area contributed by atoms with E-state index in [2.05, 4.69) is 6.07 Å². The molecule has 1 aromatic heterocycles. The van der Waals surface area contributed by atoms with Crippen LogP contribution in [0, 0.1) is 17.1 Å². The maximum Gasteiger partial charge on any atom is 0.252 e. The van der Waals surface area contributed by atoms with Crippen LogP contribution in [0.4, 0.5) is 4.39 Å². The lowest BCUT2D eigenvalue weighted by Gasteiger charge is -2.36. The molecule has 0 amide bonds. The highest BCUT2D eigenvalue weighted by Gasteiger charge is 2.32. The van der Waals surface area contributed by atoms with Gasteiger partial charge in [-0.1, -0.05) is 18.2 Å². The highest BCUT2D eigenvalue weighted by Crippen LogP contribution is 2.26. The second-order valence-corrected chi connectivity index (χ2v) is 8.57. The number of rotatable bonds is 4. The number of thiophene rings is 1. The minimum atomic E-state index is -3.45. The van der Waals surface area contributed by atoms with Gasteiger partial charge in [0.05, 0.1) is 6.07 Å². The molecule has 24 heavy (non-hydrogen) atoms. The second kappa shape index (κ2) is 6.99. The first-order valence-electron chi connectivity index (χ1n) is 7.45. The van der Waals surface area contributed by atoms with E-state index in [0.717, 1.165) is 0 Å². The van der Waals surface area contributed by atoms with Crippen molar-refractivity contribution >= 4 is 21.4 Å². The van der Waals surface area contributed by atoms with Gasteiger partial charge in [-0.3, -0.25) is 4.90 Å². The molecule has 0 N–H and O–H groups in total. The zero-order chi connectivity index (χ0) is 17.2. The number of benzene rings is 1. The highest BCUT2D eigenvalue weighted by atomic mass is 32.2. The van der Waals surface area contributed by atoms with Crippen molar-refractivity contribution in [2.24, 2.45) is 0 Å². The Hall–Kier alpha value is -1.79. The van der Waals surface area contributed by atoms with Crippen molar-refractivity contribution in [2.45, 2.75) is 10.3 Å². The minimum absolute atomic E-state index is 0.333. The van der Waals surface area contributed by atoms with E-state index >= 15 is 0 Å². The van der Waals surface area contributed by atoms with Crippen LogP contribution >= 0.6 is 11.3 Å². The summed E-state index contributed by atoms with van der Waals surface area (Å²) in [5, 5.41) is 11.2. The molecule has 0 saturated carbocycles. The summed E-state index contributed by atoms with van der Waals surface area (Å²) in [7, 11) is -3.45. The Morgan fingerprint density at radius 1 is 1.12 bits per heavy atom. The van der Waals surface area contributed by atoms with E-state index in [4.69, 9.17) is 0 Å². The average Bonchev–Trinajstić information content (AvgIpc) is 3.13. The van der Waals surface area contributed by atoms with Gasteiger partial charge in [0.2, 0.25) is 0 Å². The van der Waals surface area contributed by atoms with E-state index in [1.165, 1.54) is 27.8 Å². The van der Waals surface area contributed by atoms with Crippen LogP contribution in [0.2, 0.25) is 0 Å². The molecule has 126 valence electrons. The van der Waals surface area contributed by atoms with E-state index in [-0.39, 0.29) is 5.82 Å². The number of hydrogen-bond acceptors (Lipinski definition) is 5. The van der Waals surface area contributed by atoms with Gasteiger partial charge in [-0.25, -0.2) is 12.8 Å². The highest BCUT2D eigenvalue weighted by molar-refractivity contribution is 7.91. The Morgan fingerprint density at radius 3 is 2.33 bits per heavy atom. The van der Waals surface area contributed by atoms with Crippen molar-refractivity contribution in [2.75, 3.05) is 26.2 Å². The molecule has 5 nitrogen and oxygen atoms in total. The SMILES string of the molecule is N#CC(c1ccc(F)cc1)N1CCN(S(=O)(=O)c2cccs2)CC1. The molecule has 2 heterocycles. The summed E-state index contributed by atoms with van der Waals surface area (Å²) in [4.78, 5) is 1.92. The summed E-state index contributed by atoms with van der Waals surface area (Å²) < 4.78 is 39.9. The van der Waals surface area contributed by atoms with Crippen LogP contribution in [-0.4, -0.2) is 43.8 Å². The molecular weight excluding hydrogens is 349 g/mol. The van der Waals surface area contributed by atoms with Crippen LogP contribution in [0.15, 0.2) is 46.0 Å². The standard InChI is InChI=1S/C16H16FN3O2S2/c17-14-5-3-13(4-6-14)15(12-18)19-7-9-20(10-8-19)24(21,22)16-2-1-11-23-16/h1-6,11,15H,7-10H2. The molecule has 1 unspecified atom stereocenters. The lowest BCUT2D eigenvalue weighted by atomic mass is 10.1. The lowest BCUT2D eigenvalue weighted by molar-refractivity contribution is 0.162. The molecule has 1 fully saturated rings. The summed E-state index contributed by atoms with van der Waals surface area (Å²) in [5.74, 6) is -0.345. The summed E-state index contributed by atoms with van der Waals surface area (Å²) in [6.45, 7) is 1.58. The summed E-state index contributed by atoms with van der Waals surface area (Å²) >= 11 is 1.20. The fraction of sp³-hybridized carbons (Fsp3) is 0.312. The predicted octanol–water partition coefficient (Wildman–Crippen LogP) is 2.46. The van der Waals surface area contributed by atoms with Crippen molar-refractivity contribution in [3.05, 3.63) is 53.2 Å². The summed E-state index contributed by atoms with van der Waals surface area (Å²) in [6.07, 6.45) is 0. The van der Waals surface area contributed by atoms with E-state index in [9.17, 15) is 18.1 Å². The molecule has 1 saturated heterocycles. The molecule has 2 aromatic rings. The third kappa shape index (κ3) is 3.35. The van der Waals surface area contributed by atoms with Crippen molar-refractivity contribution < 1.29 is 12.8 Å². The van der Waals surface area contributed by atoms with E-state index in [1.807, 2.05) is 4.90 Å². The molecule has 1 aliphatic heterocycles. The molecule has 0 spiro atoms. The van der Waals surface area contributed by atoms with Crippen molar-refractivity contribution in [3.63, 3.8) is 0 Å². The Labute approximate surface area is 144 Å². The van der Waals surface area contributed by atoms with Crippen LogP contribution in [-0.2, 0) is 10.0 Å². The van der Waals surface area contributed by atoms with E-state index in [0.29, 0.717) is 36.0 Å². The first-order chi connectivity index (χ1) is 11.5. The van der Waals surface area contributed by atoms with Gasteiger partial charge in [0.15, 0.2) is 0 Å². The maximum absolute atomic E-state index is 13.0. The van der Waals surface area contributed by atoms with Crippen molar-refractivity contribution in [3.8, 4) is 6.07 Å². The van der Waals surface area contributed by atoms with Gasteiger partial charge >= 0.3 is 0 Å². The largest absolute Gasteiger partial charge is 0.282 e. The number of nitriles is 1. The first kappa shape index (κ1) is 17.0. The normalized spacial score (nSPS) is 18.2. The van der Waals surface area contributed by atoms with Gasteiger partial charge in [0, 0.05) is 26.2 Å². The quantitative estimate of drug-likeness (QED) is 0.835. The van der Waals surface area contributed by atoms with Crippen LogP contribution < -0.4 is 0 Å².